The van der Waals surface area contributed by atoms with Gasteiger partial charge in [-0.05, 0) is 24.5 Å². The van der Waals surface area contributed by atoms with E-state index in [0.29, 0.717) is 39.1 Å². The van der Waals surface area contributed by atoms with Crippen LogP contribution in [0.4, 0.5) is 0 Å². The molecule has 2 rings (SSSR count). The lowest BCUT2D eigenvalue weighted by atomic mass is 10.0. The van der Waals surface area contributed by atoms with Crippen LogP contribution in [0.25, 0.3) is 0 Å². The molecule has 0 aromatic heterocycles. The Bertz CT molecular complexity index is 734. The van der Waals surface area contributed by atoms with Crippen LogP contribution in [0.15, 0.2) is 60.7 Å². The maximum atomic E-state index is 13.1. The normalized spacial score (nSPS) is 11.7. The van der Waals surface area contributed by atoms with Crippen LogP contribution in [0.3, 0.4) is 0 Å². The van der Waals surface area contributed by atoms with Gasteiger partial charge in [0.25, 0.3) is 0 Å². The zero-order valence-corrected chi connectivity index (χ0v) is 17.5. The predicted octanol–water partition coefficient (Wildman–Crippen LogP) is 3.58. The minimum Gasteiger partial charge on any atom is -0.382 e. The number of rotatable bonds is 12. The van der Waals surface area contributed by atoms with E-state index < -0.39 is 6.04 Å². The van der Waals surface area contributed by atoms with Gasteiger partial charge in [0, 0.05) is 39.1 Å². The summed E-state index contributed by atoms with van der Waals surface area (Å²) in [5.74, 6) is -0.151. The van der Waals surface area contributed by atoms with Gasteiger partial charge in [0.1, 0.15) is 6.04 Å². The second-order valence-corrected chi connectivity index (χ2v) is 6.91. The molecule has 0 saturated heterocycles. The Hall–Kier alpha value is -2.66. The quantitative estimate of drug-likeness (QED) is 0.558. The van der Waals surface area contributed by atoms with Crippen molar-refractivity contribution in [1.29, 1.82) is 0 Å². The van der Waals surface area contributed by atoms with E-state index in [9.17, 15) is 9.59 Å². The molecule has 0 fully saturated rings. The molecule has 0 radical (unpaired) electrons. The Kier molecular flexibility index (Phi) is 9.93. The number of hydrogen-bond acceptors (Lipinski definition) is 3. The molecular weight excluding hydrogens is 364 g/mol. The number of carbonyl (C=O) groups excluding carboxylic acids is 2. The summed E-state index contributed by atoms with van der Waals surface area (Å²) in [6, 6.07) is 19.1. The molecule has 0 spiro atoms. The second kappa shape index (κ2) is 12.7. The van der Waals surface area contributed by atoms with Crippen LogP contribution in [0.2, 0.25) is 0 Å². The highest BCUT2D eigenvalue weighted by Crippen LogP contribution is 2.15. The van der Waals surface area contributed by atoms with E-state index >= 15 is 0 Å². The van der Waals surface area contributed by atoms with E-state index in [2.05, 4.69) is 5.32 Å². The number of amides is 2. The number of hydrogen-bond donors (Lipinski definition) is 1. The van der Waals surface area contributed by atoms with E-state index in [1.165, 1.54) is 0 Å². The molecule has 2 aromatic rings. The molecule has 29 heavy (non-hydrogen) atoms. The molecule has 0 aliphatic carbocycles. The number of nitrogens with one attached hydrogen (secondary N) is 1. The third-order valence-corrected chi connectivity index (χ3v) is 4.74. The van der Waals surface area contributed by atoms with Crippen LogP contribution in [-0.2, 0) is 27.3 Å². The fraction of sp³-hybridized carbons (Fsp3) is 0.417. The Balaban J connectivity index is 2.18. The maximum Gasteiger partial charge on any atom is 0.243 e. The van der Waals surface area contributed by atoms with Crippen molar-refractivity contribution in [3.63, 3.8) is 0 Å². The summed E-state index contributed by atoms with van der Waals surface area (Å²) >= 11 is 0. The summed E-state index contributed by atoms with van der Waals surface area (Å²) in [6.07, 6.45) is 1.59. The van der Waals surface area contributed by atoms with Crippen LogP contribution < -0.4 is 5.32 Å². The van der Waals surface area contributed by atoms with Crippen molar-refractivity contribution >= 4 is 11.8 Å². The van der Waals surface area contributed by atoms with Gasteiger partial charge in [-0.3, -0.25) is 9.59 Å². The Morgan fingerprint density at radius 2 is 1.59 bits per heavy atom. The fourth-order valence-corrected chi connectivity index (χ4v) is 3.19. The minimum atomic E-state index is -0.558. The number of benzene rings is 2. The van der Waals surface area contributed by atoms with Crippen molar-refractivity contribution < 1.29 is 14.3 Å². The van der Waals surface area contributed by atoms with Crippen molar-refractivity contribution in [3.05, 3.63) is 71.8 Å². The summed E-state index contributed by atoms with van der Waals surface area (Å²) in [5, 5.41) is 2.99. The molecule has 0 bridgehead atoms. The fourth-order valence-electron chi connectivity index (χ4n) is 3.19. The highest BCUT2D eigenvalue weighted by molar-refractivity contribution is 5.87. The number of ether oxygens (including phenoxy) is 1. The van der Waals surface area contributed by atoms with Crippen molar-refractivity contribution in [1.82, 2.24) is 10.2 Å². The van der Waals surface area contributed by atoms with E-state index in [1.54, 1.807) is 4.90 Å². The first-order valence-corrected chi connectivity index (χ1v) is 10.4. The third-order valence-electron chi connectivity index (χ3n) is 4.74. The number of nitrogens with zero attached hydrogens (tertiary/aromatic N) is 1. The van der Waals surface area contributed by atoms with E-state index in [0.717, 1.165) is 17.5 Å². The van der Waals surface area contributed by atoms with Crippen molar-refractivity contribution in [2.45, 2.75) is 45.7 Å². The molecule has 0 heterocycles. The van der Waals surface area contributed by atoms with Crippen molar-refractivity contribution in [2.24, 2.45) is 0 Å². The van der Waals surface area contributed by atoms with Crippen LogP contribution in [0, 0.1) is 0 Å². The highest BCUT2D eigenvalue weighted by atomic mass is 16.5. The van der Waals surface area contributed by atoms with Crippen molar-refractivity contribution in [2.75, 3.05) is 19.8 Å². The molecule has 1 N–H and O–H groups in total. The minimum absolute atomic E-state index is 0.0285. The lowest BCUT2D eigenvalue weighted by molar-refractivity contribution is -0.141. The third kappa shape index (κ3) is 7.70. The molecule has 2 aromatic carbocycles. The van der Waals surface area contributed by atoms with Crippen LogP contribution in [0.5, 0.6) is 0 Å². The van der Waals surface area contributed by atoms with Crippen LogP contribution >= 0.6 is 0 Å². The summed E-state index contributed by atoms with van der Waals surface area (Å²) in [6.45, 7) is 6.01. The smallest absolute Gasteiger partial charge is 0.243 e. The molecule has 1 atom stereocenters. The van der Waals surface area contributed by atoms with Crippen molar-refractivity contribution in [3.8, 4) is 0 Å². The molecule has 2 amide bonds. The summed E-state index contributed by atoms with van der Waals surface area (Å²) < 4.78 is 5.34. The zero-order chi connectivity index (χ0) is 20.9. The van der Waals surface area contributed by atoms with E-state index in [1.807, 2.05) is 74.5 Å². The van der Waals surface area contributed by atoms with E-state index in [-0.39, 0.29) is 11.8 Å². The lowest BCUT2D eigenvalue weighted by Gasteiger charge is -2.31. The maximum absolute atomic E-state index is 13.1. The van der Waals surface area contributed by atoms with Gasteiger partial charge in [-0.25, -0.2) is 0 Å². The van der Waals surface area contributed by atoms with Gasteiger partial charge in [-0.2, -0.15) is 0 Å². The monoisotopic (exact) mass is 396 g/mol. The molecule has 5 nitrogen and oxygen atoms in total. The Morgan fingerprint density at radius 1 is 0.966 bits per heavy atom. The summed E-state index contributed by atoms with van der Waals surface area (Å²) in [5.41, 5.74) is 2.04. The lowest BCUT2D eigenvalue weighted by Crippen LogP contribution is -2.50. The number of carbonyl (C=O) groups is 2. The van der Waals surface area contributed by atoms with Gasteiger partial charge >= 0.3 is 0 Å². The summed E-state index contributed by atoms with van der Waals surface area (Å²) in [7, 11) is 0. The van der Waals surface area contributed by atoms with Crippen LogP contribution in [0.1, 0.15) is 37.8 Å². The molecule has 156 valence electrons. The SMILES string of the molecule is CCOCCCNC(=O)[C@@H](Cc1ccccc1)N(Cc1ccccc1)C(=O)CC. The largest absolute Gasteiger partial charge is 0.382 e. The van der Waals surface area contributed by atoms with Gasteiger partial charge < -0.3 is 15.0 Å². The van der Waals surface area contributed by atoms with Gasteiger partial charge in [0.15, 0.2) is 0 Å². The average molecular weight is 397 g/mol. The van der Waals surface area contributed by atoms with E-state index in [4.69, 9.17) is 4.74 Å². The van der Waals surface area contributed by atoms with Crippen LogP contribution in [-0.4, -0.2) is 42.5 Å². The topological polar surface area (TPSA) is 58.6 Å². The second-order valence-electron chi connectivity index (χ2n) is 6.91. The summed E-state index contributed by atoms with van der Waals surface area (Å²) in [4.78, 5) is 27.6. The predicted molar refractivity (Wildman–Crippen MR) is 115 cm³/mol. The first-order valence-electron chi connectivity index (χ1n) is 10.4. The molecule has 0 saturated carbocycles. The first kappa shape index (κ1) is 22.6. The molecule has 0 unspecified atom stereocenters. The standard InChI is InChI=1S/C24H32N2O3/c1-3-23(27)26(19-21-14-9-6-10-15-21)22(18-20-12-7-5-8-13-20)24(28)25-16-11-17-29-4-2/h5-10,12-15,22H,3-4,11,16-19H2,1-2H3,(H,25,28)/t22-/m1/s1. The molecule has 0 aliphatic heterocycles. The van der Waals surface area contributed by atoms with Gasteiger partial charge in [-0.15, -0.1) is 0 Å². The molecular formula is C24H32N2O3. The average Bonchev–Trinajstić information content (AvgIpc) is 2.76. The zero-order valence-electron chi connectivity index (χ0n) is 17.5. The molecule has 0 aliphatic rings. The Labute approximate surface area is 174 Å². The highest BCUT2D eigenvalue weighted by Gasteiger charge is 2.29. The van der Waals surface area contributed by atoms with Gasteiger partial charge in [-0.1, -0.05) is 67.6 Å². The van der Waals surface area contributed by atoms with Gasteiger partial charge in [0.05, 0.1) is 0 Å². The van der Waals surface area contributed by atoms with Gasteiger partial charge in [0.2, 0.25) is 11.8 Å². The first-order chi connectivity index (χ1) is 14.2. The Morgan fingerprint density at radius 3 is 2.17 bits per heavy atom. The molecule has 5 heteroatoms.